The maximum absolute atomic E-state index is 5.23. The second-order valence-corrected chi connectivity index (χ2v) is 26.3. The first-order chi connectivity index (χ1) is 44.3. The third kappa shape index (κ3) is 8.76. The van der Waals surface area contributed by atoms with Crippen molar-refractivity contribution < 1.29 is 0 Å². The number of pyridine rings is 4. The van der Waals surface area contributed by atoms with Gasteiger partial charge in [-0.2, -0.15) is 0 Å². The topological polar surface area (TPSA) is 58.0 Å². The first-order valence-electron chi connectivity index (χ1n) is 31.6. The van der Waals surface area contributed by atoms with Crippen molar-refractivity contribution in [2.75, 3.05) is 9.80 Å². The highest BCUT2D eigenvalue weighted by atomic mass is 15.2. The summed E-state index contributed by atoms with van der Waals surface area (Å²) in [5.74, 6) is 3.36. The minimum absolute atomic E-state index is 0.184. The summed E-state index contributed by atoms with van der Waals surface area (Å²) < 4.78 is 0. The molecule has 14 aromatic rings. The van der Waals surface area contributed by atoms with E-state index in [0.717, 1.165) is 78.0 Å². The molecule has 0 saturated heterocycles. The zero-order valence-corrected chi connectivity index (χ0v) is 51.7. The van der Waals surface area contributed by atoms with Gasteiger partial charge in [-0.15, -0.1) is 0 Å². The van der Waals surface area contributed by atoms with E-state index in [1.165, 1.54) is 89.0 Å². The highest BCUT2D eigenvalue weighted by Gasteiger charge is 2.39. The standard InChI is InChI=1S/C85H64N6/c1-83(2)71-47-53(23-25-55-29-37-67-69-39-33-61(51-75(69)84(3,4)73(67)49-55)90(79-41-31-59-17-9-13-21-77(59)88-79)81-63-19-11-7-15-57(63)43-45-86-81)27-35-65(71)66-36-28-54(48-72(66)83)24-26-56-30-38-68-70-40-34-62(52-76(70)85(5,6)74(68)50-56)91(80-42-32-60-18-10-14-22-78(60)89-80)82-64-20-12-8-16-58(64)44-46-87-82/h7-52H,1-6H3/b25-23+,26-24+. The number of hydrogen-bond acceptors (Lipinski definition) is 6. The summed E-state index contributed by atoms with van der Waals surface area (Å²) in [6, 6.07) is 88.0. The van der Waals surface area contributed by atoms with Crippen LogP contribution < -0.4 is 9.80 Å². The van der Waals surface area contributed by atoms with Crippen LogP contribution in [0.2, 0.25) is 0 Å². The lowest BCUT2D eigenvalue weighted by Gasteiger charge is -2.27. The maximum Gasteiger partial charge on any atom is 0.146 e. The summed E-state index contributed by atoms with van der Waals surface area (Å²) in [7, 11) is 0. The Morgan fingerprint density at radius 1 is 0.286 bits per heavy atom. The molecule has 0 N–H and O–H groups in total. The van der Waals surface area contributed by atoms with Crippen LogP contribution in [0.25, 0.3) is 101 Å². The van der Waals surface area contributed by atoms with Crippen LogP contribution in [0.3, 0.4) is 0 Å². The van der Waals surface area contributed by atoms with Gasteiger partial charge in [0, 0.05) is 61.6 Å². The molecule has 0 fully saturated rings. The Morgan fingerprint density at radius 3 is 0.956 bits per heavy atom. The molecule has 434 valence electrons. The summed E-state index contributed by atoms with van der Waals surface area (Å²) in [6.07, 6.45) is 12.9. The Balaban J connectivity index is 0.623. The van der Waals surface area contributed by atoms with E-state index in [2.05, 4.69) is 306 Å². The van der Waals surface area contributed by atoms with E-state index in [1.807, 2.05) is 24.5 Å². The molecule has 0 atom stereocenters. The molecule has 3 aliphatic rings. The fourth-order valence-electron chi connectivity index (χ4n) is 15.0. The Morgan fingerprint density at radius 2 is 0.593 bits per heavy atom. The molecule has 0 bridgehead atoms. The molecule has 17 rings (SSSR count). The van der Waals surface area contributed by atoms with Crippen LogP contribution in [0.4, 0.5) is 34.6 Å². The molecular weight excluding hydrogens is 1100 g/mol. The lowest BCUT2D eigenvalue weighted by Crippen LogP contribution is -2.17. The average molecular weight is 1170 g/mol. The lowest BCUT2D eigenvalue weighted by molar-refractivity contribution is 0.660. The fourth-order valence-corrected chi connectivity index (χ4v) is 15.0. The number of rotatable bonds is 10. The Kier molecular flexibility index (Phi) is 12.2. The van der Waals surface area contributed by atoms with Gasteiger partial charge < -0.3 is 0 Å². The third-order valence-electron chi connectivity index (χ3n) is 19.9. The van der Waals surface area contributed by atoms with Gasteiger partial charge >= 0.3 is 0 Å². The van der Waals surface area contributed by atoms with Crippen molar-refractivity contribution >= 4 is 102 Å². The van der Waals surface area contributed by atoms with Crippen molar-refractivity contribution in [2.24, 2.45) is 0 Å². The van der Waals surface area contributed by atoms with Gasteiger partial charge in [0.25, 0.3) is 0 Å². The monoisotopic (exact) mass is 1170 g/mol. The Labute approximate surface area is 530 Å². The minimum atomic E-state index is -0.258. The van der Waals surface area contributed by atoms with Crippen molar-refractivity contribution in [2.45, 2.75) is 57.8 Å². The molecule has 6 nitrogen and oxygen atoms in total. The van der Waals surface area contributed by atoms with E-state index in [4.69, 9.17) is 19.9 Å². The molecular formula is C85H64N6. The van der Waals surface area contributed by atoms with Crippen LogP contribution in [-0.4, -0.2) is 19.9 Å². The van der Waals surface area contributed by atoms with Crippen LogP contribution in [-0.2, 0) is 16.2 Å². The number of fused-ring (bicyclic) bond motifs is 13. The van der Waals surface area contributed by atoms with Gasteiger partial charge in [0.1, 0.15) is 23.3 Å². The summed E-state index contributed by atoms with van der Waals surface area (Å²) in [5.41, 5.74) is 23.6. The van der Waals surface area contributed by atoms with Crippen LogP contribution in [0.15, 0.2) is 255 Å². The smallest absolute Gasteiger partial charge is 0.146 e. The lowest BCUT2D eigenvalue weighted by atomic mass is 9.81. The molecule has 0 unspecified atom stereocenters. The summed E-state index contributed by atoms with van der Waals surface area (Å²) >= 11 is 0. The Bertz CT molecular complexity index is 5090. The van der Waals surface area contributed by atoms with Crippen LogP contribution in [0, 0.1) is 0 Å². The van der Waals surface area contributed by atoms with Gasteiger partial charge in [-0.05, 0) is 173 Å². The molecule has 91 heavy (non-hydrogen) atoms. The number of para-hydroxylation sites is 2. The molecule has 6 heteroatoms. The van der Waals surface area contributed by atoms with Crippen molar-refractivity contribution in [3.05, 3.63) is 311 Å². The van der Waals surface area contributed by atoms with E-state index in [0.29, 0.717) is 0 Å². The molecule has 0 saturated carbocycles. The number of hydrogen-bond donors (Lipinski definition) is 0. The average Bonchev–Trinajstić information content (AvgIpc) is 1.63. The largest absolute Gasteiger partial charge is 0.278 e. The number of aromatic nitrogens is 4. The highest BCUT2D eigenvalue weighted by Crippen LogP contribution is 2.54. The van der Waals surface area contributed by atoms with E-state index >= 15 is 0 Å². The van der Waals surface area contributed by atoms with Crippen LogP contribution in [0.1, 0.15) is 97.2 Å². The number of nitrogens with zero attached hydrogens (tertiary/aromatic N) is 6. The van der Waals surface area contributed by atoms with Crippen LogP contribution >= 0.6 is 0 Å². The Hall–Kier alpha value is -11.1. The second-order valence-electron chi connectivity index (χ2n) is 26.3. The fraction of sp³-hybridized carbons (Fsp3) is 0.106. The van der Waals surface area contributed by atoms with Gasteiger partial charge in [-0.1, -0.05) is 236 Å². The van der Waals surface area contributed by atoms with Gasteiger partial charge in [-0.3, -0.25) is 9.80 Å². The number of anilines is 6. The van der Waals surface area contributed by atoms with Crippen LogP contribution in [0.5, 0.6) is 0 Å². The van der Waals surface area contributed by atoms with Crippen molar-refractivity contribution in [3.63, 3.8) is 0 Å². The molecule has 0 amide bonds. The molecule has 3 aliphatic carbocycles. The van der Waals surface area contributed by atoms with E-state index in [1.54, 1.807) is 0 Å². The van der Waals surface area contributed by atoms with E-state index < -0.39 is 0 Å². The quantitative estimate of drug-likeness (QED) is 0.127. The summed E-state index contributed by atoms with van der Waals surface area (Å²) in [4.78, 5) is 25.0. The zero-order chi connectivity index (χ0) is 61.3. The first-order valence-corrected chi connectivity index (χ1v) is 31.6. The second kappa shape index (κ2) is 20.5. The van der Waals surface area contributed by atoms with Gasteiger partial charge in [0.15, 0.2) is 0 Å². The van der Waals surface area contributed by atoms with Crippen molar-refractivity contribution in [3.8, 4) is 33.4 Å². The van der Waals surface area contributed by atoms with E-state index in [9.17, 15) is 0 Å². The van der Waals surface area contributed by atoms with Crippen molar-refractivity contribution in [1.82, 2.24) is 19.9 Å². The zero-order valence-electron chi connectivity index (χ0n) is 51.7. The highest BCUT2D eigenvalue weighted by molar-refractivity contribution is 6.00. The molecule has 4 heterocycles. The summed E-state index contributed by atoms with van der Waals surface area (Å²) in [5, 5.41) is 6.62. The van der Waals surface area contributed by atoms with E-state index in [-0.39, 0.29) is 16.2 Å². The molecule has 0 radical (unpaired) electrons. The summed E-state index contributed by atoms with van der Waals surface area (Å²) in [6.45, 7) is 14.2. The van der Waals surface area contributed by atoms with Gasteiger partial charge in [0.05, 0.1) is 11.0 Å². The molecule has 10 aromatic carbocycles. The SMILES string of the molecule is CC1(C)c2cc(/C=C/c3ccc4c(c3)C(C)(C)c3cc(N(c5ccc6ccccc6n5)c5nccc6ccccc56)ccc3-4)ccc2-c2ccc(/C=C/c3ccc4c(c3)C(C)(C)c3cc(N(c5ccc6ccccc6n5)c5nccc6ccccc56)ccc3-4)cc21. The molecule has 4 aromatic heterocycles. The predicted molar refractivity (Wildman–Crippen MR) is 380 cm³/mol. The third-order valence-corrected chi connectivity index (χ3v) is 19.9. The minimum Gasteiger partial charge on any atom is -0.278 e. The van der Waals surface area contributed by atoms with Crippen molar-refractivity contribution in [1.29, 1.82) is 0 Å². The predicted octanol–water partition coefficient (Wildman–Crippen LogP) is 22.1. The normalized spacial score (nSPS) is 14.4. The maximum atomic E-state index is 5.23. The van der Waals surface area contributed by atoms with Gasteiger partial charge in [-0.25, -0.2) is 19.9 Å². The molecule has 0 spiro atoms. The number of benzene rings is 10. The first kappa shape index (κ1) is 54.1. The van der Waals surface area contributed by atoms with Gasteiger partial charge in [0.2, 0.25) is 0 Å². The molecule has 0 aliphatic heterocycles.